The summed E-state index contributed by atoms with van der Waals surface area (Å²) in [6.45, 7) is 7.35. The van der Waals surface area contributed by atoms with Crippen molar-refractivity contribution in [1.82, 2.24) is 16.0 Å². The SMILES string of the molecule is CN=C(NCCCC(=O)NC1CC1)NC(C)c1ccc(CC(C)C)cc1.I. The number of carbonyl (C=O) groups excluding carboxylic acids is 1. The maximum atomic E-state index is 11.7. The zero-order valence-corrected chi connectivity index (χ0v) is 19.4. The first-order chi connectivity index (χ1) is 12.5. The van der Waals surface area contributed by atoms with E-state index in [2.05, 4.69) is 66.0 Å². The fourth-order valence-electron chi connectivity index (χ4n) is 2.88. The minimum absolute atomic E-state index is 0. The van der Waals surface area contributed by atoms with Crippen LogP contribution in [0.2, 0.25) is 0 Å². The number of halogens is 1. The van der Waals surface area contributed by atoms with Gasteiger partial charge in [0.25, 0.3) is 0 Å². The fourth-order valence-corrected chi connectivity index (χ4v) is 2.88. The molecule has 6 heteroatoms. The lowest BCUT2D eigenvalue weighted by Crippen LogP contribution is -2.39. The van der Waals surface area contributed by atoms with Crippen molar-refractivity contribution in [3.63, 3.8) is 0 Å². The second-order valence-electron chi connectivity index (χ2n) is 7.65. The van der Waals surface area contributed by atoms with Crippen LogP contribution < -0.4 is 16.0 Å². The number of hydrogen-bond donors (Lipinski definition) is 3. The molecular weight excluding hydrogens is 451 g/mol. The normalized spacial score (nSPS) is 15.1. The van der Waals surface area contributed by atoms with Gasteiger partial charge < -0.3 is 16.0 Å². The van der Waals surface area contributed by atoms with E-state index in [-0.39, 0.29) is 35.9 Å². The van der Waals surface area contributed by atoms with Crippen LogP contribution in [0.15, 0.2) is 29.3 Å². The predicted octanol–water partition coefficient (Wildman–Crippen LogP) is 3.79. The van der Waals surface area contributed by atoms with E-state index in [1.807, 2.05) is 0 Å². The molecule has 2 rings (SSSR count). The first kappa shape index (κ1) is 23.7. The van der Waals surface area contributed by atoms with Gasteiger partial charge in [-0.1, -0.05) is 38.1 Å². The van der Waals surface area contributed by atoms with Gasteiger partial charge >= 0.3 is 0 Å². The summed E-state index contributed by atoms with van der Waals surface area (Å²) in [5, 5.41) is 9.72. The van der Waals surface area contributed by atoms with Gasteiger partial charge in [-0.2, -0.15) is 0 Å². The molecule has 5 nitrogen and oxygen atoms in total. The maximum absolute atomic E-state index is 11.7. The number of nitrogens with zero attached hydrogens (tertiary/aromatic N) is 1. The second-order valence-corrected chi connectivity index (χ2v) is 7.65. The first-order valence-electron chi connectivity index (χ1n) is 9.83. The standard InChI is InChI=1S/C21H34N4O.HI/c1-15(2)14-17-7-9-18(10-8-17)16(3)24-21(22-4)23-13-5-6-20(26)25-19-11-12-19;/h7-10,15-16,19H,5-6,11-14H2,1-4H3,(H,25,26)(H2,22,23,24);1H. The van der Waals surface area contributed by atoms with Crippen molar-refractivity contribution < 1.29 is 4.79 Å². The van der Waals surface area contributed by atoms with Gasteiger partial charge in [0.2, 0.25) is 5.91 Å². The van der Waals surface area contributed by atoms with Gasteiger partial charge in [0.15, 0.2) is 5.96 Å². The third-order valence-electron chi connectivity index (χ3n) is 4.52. The fraction of sp³-hybridized carbons (Fsp3) is 0.619. The van der Waals surface area contributed by atoms with E-state index < -0.39 is 0 Å². The highest BCUT2D eigenvalue weighted by molar-refractivity contribution is 14.0. The van der Waals surface area contributed by atoms with Crippen molar-refractivity contribution in [1.29, 1.82) is 0 Å². The number of amides is 1. The summed E-state index contributed by atoms with van der Waals surface area (Å²) in [4.78, 5) is 16.0. The molecule has 0 aliphatic heterocycles. The van der Waals surface area contributed by atoms with Gasteiger partial charge in [0, 0.05) is 26.1 Å². The molecule has 1 amide bonds. The predicted molar refractivity (Wildman–Crippen MR) is 124 cm³/mol. The molecule has 0 aromatic heterocycles. The van der Waals surface area contributed by atoms with E-state index in [4.69, 9.17) is 0 Å². The van der Waals surface area contributed by atoms with Crippen LogP contribution in [0, 0.1) is 5.92 Å². The molecule has 0 radical (unpaired) electrons. The molecule has 0 heterocycles. The van der Waals surface area contributed by atoms with Crippen molar-refractivity contribution in [2.75, 3.05) is 13.6 Å². The Hall–Kier alpha value is -1.31. The third kappa shape index (κ3) is 9.44. The Kier molecular flexibility index (Phi) is 10.7. The third-order valence-corrected chi connectivity index (χ3v) is 4.52. The number of benzene rings is 1. The topological polar surface area (TPSA) is 65.5 Å². The number of guanidine groups is 1. The molecule has 0 spiro atoms. The van der Waals surface area contributed by atoms with Gasteiger partial charge in [-0.3, -0.25) is 9.79 Å². The van der Waals surface area contributed by atoms with E-state index in [0.29, 0.717) is 18.4 Å². The van der Waals surface area contributed by atoms with Crippen LogP contribution in [0.25, 0.3) is 0 Å². The molecule has 1 aromatic rings. The Labute approximate surface area is 181 Å². The summed E-state index contributed by atoms with van der Waals surface area (Å²) >= 11 is 0. The Balaban J connectivity index is 0.00000364. The maximum Gasteiger partial charge on any atom is 0.220 e. The molecule has 1 saturated carbocycles. The van der Waals surface area contributed by atoms with Gasteiger partial charge in [-0.05, 0) is 49.7 Å². The summed E-state index contributed by atoms with van der Waals surface area (Å²) in [6, 6.07) is 9.41. The van der Waals surface area contributed by atoms with Crippen molar-refractivity contribution in [3.8, 4) is 0 Å². The van der Waals surface area contributed by atoms with Gasteiger partial charge in [-0.25, -0.2) is 0 Å². The van der Waals surface area contributed by atoms with Gasteiger partial charge in [-0.15, -0.1) is 24.0 Å². The second kappa shape index (κ2) is 12.2. The number of rotatable bonds is 9. The summed E-state index contributed by atoms with van der Waals surface area (Å²) in [5.74, 6) is 1.60. The lowest BCUT2D eigenvalue weighted by Gasteiger charge is -2.19. The first-order valence-corrected chi connectivity index (χ1v) is 9.83. The van der Waals surface area contributed by atoms with Crippen molar-refractivity contribution in [2.24, 2.45) is 10.9 Å². The average molecular weight is 486 g/mol. The molecule has 3 N–H and O–H groups in total. The van der Waals surface area contributed by atoms with Crippen LogP contribution in [0.1, 0.15) is 63.6 Å². The van der Waals surface area contributed by atoms with Crippen LogP contribution in [0.5, 0.6) is 0 Å². The quantitative estimate of drug-likeness (QED) is 0.216. The number of aliphatic imine (C=N–C) groups is 1. The molecule has 1 aromatic carbocycles. The van der Waals surface area contributed by atoms with Crippen molar-refractivity contribution in [2.45, 2.75) is 65.0 Å². The molecule has 1 aliphatic rings. The van der Waals surface area contributed by atoms with Crippen LogP contribution in [0.3, 0.4) is 0 Å². The van der Waals surface area contributed by atoms with Crippen LogP contribution in [0.4, 0.5) is 0 Å². The van der Waals surface area contributed by atoms with E-state index >= 15 is 0 Å². The summed E-state index contributed by atoms with van der Waals surface area (Å²) in [6.07, 6.45) is 4.75. The molecule has 27 heavy (non-hydrogen) atoms. The van der Waals surface area contributed by atoms with Crippen molar-refractivity contribution in [3.05, 3.63) is 35.4 Å². The minimum atomic E-state index is 0. The van der Waals surface area contributed by atoms with E-state index in [9.17, 15) is 4.79 Å². The average Bonchev–Trinajstić information content (AvgIpc) is 3.41. The molecule has 1 atom stereocenters. The Bertz CT molecular complexity index is 597. The zero-order chi connectivity index (χ0) is 18.9. The molecular formula is C21H35IN4O. The van der Waals surface area contributed by atoms with E-state index in [1.54, 1.807) is 7.05 Å². The zero-order valence-electron chi connectivity index (χ0n) is 17.0. The van der Waals surface area contributed by atoms with Crippen LogP contribution in [-0.2, 0) is 11.2 Å². The van der Waals surface area contributed by atoms with Crippen LogP contribution in [-0.4, -0.2) is 31.5 Å². The minimum Gasteiger partial charge on any atom is -0.356 e. The molecule has 1 aliphatic carbocycles. The molecule has 0 saturated heterocycles. The molecule has 1 unspecified atom stereocenters. The number of nitrogens with one attached hydrogen (secondary N) is 3. The number of hydrogen-bond acceptors (Lipinski definition) is 2. The lowest BCUT2D eigenvalue weighted by atomic mass is 10.00. The summed E-state index contributed by atoms with van der Waals surface area (Å²) in [7, 11) is 1.77. The summed E-state index contributed by atoms with van der Waals surface area (Å²) in [5.41, 5.74) is 2.62. The largest absolute Gasteiger partial charge is 0.356 e. The van der Waals surface area contributed by atoms with Gasteiger partial charge in [0.05, 0.1) is 6.04 Å². The Morgan fingerprint density at radius 3 is 2.41 bits per heavy atom. The van der Waals surface area contributed by atoms with Crippen LogP contribution >= 0.6 is 24.0 Å². The monoisotopic (exact) mass is 486 g/mol. The van der Waals surface area contributed by atoms with E-state index in [0.717, 1.165) is 38.2 Å². The smallest absolute Gasteiger partial charge is 0.220 e. The van der Waals surface area contributed by atoms with E-state index in [1.165, 1.54) is 11.1 Å². The summed E-state index contributed by atoms with van der Waals surface area (Å²) < 4.78 is 0. The Morgan fingerprint density at radius 2 is 1.85 bits per heavy atom. The lowest BCUT2D eigenvalue weighted by molar-refractivity contribution is -0.121. The van der Waals surface area contributed by atoms with Crippen molar-refractivity contribution >= 4 is 35.8 Å². The molecule has 0 bridgehead atoms. The Morgan fingerprint density at radius 1 is 1.19 bits per heavy atom. The highest BCUT2D eigenvalue weighted by Gasteiger charge is 2.22. The van der Waals surface area contributed by atoms with Gasteiger partial charge in [0.1, 0.15) is 0 Å². The molecule has 152 valence electrons. The molecule has 1 fully saturated rings. The highest BCUT2D eigenvalue weighted by Crippen LogP contribution is 2.18. The highest BCUT2D eigenvalue weighted by atomic mass is 127. The number of carbonyl (C=O) groups is 1.